The number of nitrogens with zero attached hydrogens (tertiary/aromatic N) is 1. The monoisotopic (exact) mass is 311 g/mol. The van der Waals surface area contributed by atoms with E-state index in [1.807, 2.05) is 31.2 Å². The molecule has 2 unspecified atom stereocenters. The predicted octanol–water partition coefficient (Wildman–Crippen LogP) is 1.10. The number of fused-ring (bicyclic) bond motifs is 1. The van der Waals surface area contributed by atoms with E-state index >= 15 is 0 Å². The summed E-state index contributed by atoms with van der Waals surface area (Å²) < 4.78 is 0. The number of amides is 2. The van der Waals surface area contributed by atoms with Crippen molar-refractivity contribution in [2.24, 2.45) is 11.7 Å². The molecular weight excluding hydrogens is 290 g/mol. The van der Waals surface area contributed by atoms with Crippen molar-refractivity contribution in [1.82, 2.24) is 5.32 Å². The van der Waals surface area contributed by atoms with Crippen LogP contribution in [0.15, 0.2) is 24.3 Å². The third-order valence-corrected chi connectivity index (χ3v) is 3.76. The van der Waals surface area contributed by atoms with Gasteiger partial charge in [0.05, 0.1) is 6.42 Å². The lowest BCUT2D eigenvalue weighted by Crippen LogP contribution is -2.42. The summed E-state index contributed by atoms with van der Waals surface area (Å²) in [4.78, 5) is 25.5. The average molecular weight is 312 g/mol. The van der Waals surface area contributed by atoms with Gasteiger partial charge in [0, 0.05) is 30.7 Å². The van der Waals surface area contributed by atoms with Gasteiger partial charge in [-0.15, -0.1) is 12.4 Å². The number of hydrogen-bond acceptors (Lipinski definition) is 3. The highest BCUT2D eigenvalue weighted by Gasteiger charge is 2.26. The topological polar surface area (TPSA) is 75.4 Å². The Bertz CT molecular complexity index is 519. The molecule has 2 amide bonds. The van der Waals surface area contributed by atoms with Gasteiger partial charge in [0.25, 0.3) is 0 Å². The van der Waals surface area contributed by atoms with Gasteiger partial charge in [0.2, 0.25) is 11.8 Å². The number of para-hydroxylation sites is 1. The first-order valence-corrected chi connectivity index (χ1v) is 6.92. The number of benzene rings is 1. The van der Waals surface area contributed by atoms with Crippen LogP contribution in [0.4, 0.5) is 5.69 Å². The third kappa shape index (κ3) is 3.95. The standard InChI is InChI=1S/C15H21N3O2.ClH/c1-10(11(2)16)15(20)17-7-8-18-13-6-4-3-5-12(13)9-14(18)19;/h3-6,10-11H,7-9,16H2,1-2H3,(H,17,20);1H. The molecule has 0 spiro atoms. The number of carbonyl (C=O) groups excluding carboxylic acids is 2. The van der Waals surface area contributed by atoms with Crippen LogP contribution in [-0.4, -0.2) is 30.9 Å². The predicted molar refractivity (Wildman–Crippen MR) is 85.6 cm³/mol. The van der Waals surface area contributed by atoms with Gasteiger partial charge < -0.3 is 16.0 Å². The molecule has 0 bridgehead atoms. The fraction of sp³-hybridized carbons (Fsp3) is 0.467. The van der Waals surface area contributed by atoms with Crippen LogP contribution >= 0.6 is 12.4 Å². The number of nitrogens with two attached hydrogens (primary N) is 1. The van der Waals surface area contributed by atoms with E-state index in [0.717, 1.165) is 11.3 Å². The van der Waals surface area contributed by atoms with Crippen molar-refractivity contribution < 1.29 is 9.59 Å². The maximum Gasteiger partial charge on any atom is 0.231 e. The van der Waals surface area contributed by atoms with E-state index in [2.05, 4.69) is 5.32 Å². The van der Waals surface area contributed by atoms with E-state index in [-0.39, 0.29) is 36.2 Å². The molecule has 1 heterocycles. The highest BCUT2D eigenvalue weighted by molar-refractivity contribution is 6.01. The van der Waals surface area contributed by atoms with Gasteiger partial charge in [-0.3, -0.25) is 9.59 Å². The van der Waals surface area contributed by atoms with Gasteiger partial charge in [-0.1, -0.05) is 25.1 Å². The second-order valence-electron chi connectivity index (χ2n) is 5.29. The number of hydrogen-bond donors (Lipinski definition) is 2. The second kappa shape index (κ2) is 7.43. The molecule has 1 aliphatic rings. The Kier molecular flexibility index (Phi) is 6.18. The Morgan fingerprint density at radius 3 is 2.71 bits per heavy atom. The molecule has 0 fully saturated rings. The lowest BCUT2D eigenvalue weighted by atomic mass is 10.0. The zero-order chi connectivity index (χ0) is 14.7. The average Bonchev–Trinajstić information content (AvgIpc) is 2.74. The maximum absolute atomic E-state index is 11.9. The third-order valence-electron chi connectivity index (χ3n) is 3.76. The Morgan fingerprint density at radius 1 is 1.38 bits per heavy atom. The number of carbonyl (C=O) groups is 2. The van der Waals surface area contributed by atoms with E-state index in [9.17, 15) is 9.59 Å². The molecule has 1 aromatic carbocycles. The molecule has 0 saturated carbocycles. The molecule has 1 aromatic rings. The Morgan fingerprint density at radius 2 is 2.05 bits per heavy atom. The van der Waals surface area contributed by atoms with Gasteiger partial charge in [-0.2, -0.15) is 0 Å². The van der Waals surface area contributed by atoms with E-state index in [1.165, 1.54) is 0 Å². The van der Waals surface area contributed by atoms with Crippen LogP contribution in [0.25, 0.3) is 0 Å². The van der Waals surface area contributed by atoms with Crippen molar-refractivity contribution in [2.75, 3.05) is 18.0 Å². The lowest BCUT2D eigenvalue weighted by molar-refractivity contribution is -0.125. The molecule has 2 rings (SSSR count). The van der Waals surface area contributed by atoms with Crippen LogP contribution < -0.4 is 16.0 Å². The summed E-state index contributed by atoms with van der Waals surface area (Å²) in [7, 11) is 0. The van der Waals surface area contributed by atoms with Crippen molar-refractivity contribution in [2.45, 2.75) is 26.3 Å². The molecule has 6 heteroatoms. The normalized spacial score (nSPS) is 16.0. The molecule has 0 aromatic heterocycles. The Balaban J connectivity index is 0.00000220. The van der Waals surface area contributed by atoms with Gasteiger partial charge in [0.15, 0.2) is 0 Å². The number of rotatable bonds is 5. The summed E-state index contributed by atoms with van der Waals surface area (Å²) in [6.07, 6.45) is 0.445. The molecule has 116 valence electrons. The van der Waals surface area contributed by atoms with E-state index in [4.69, 9.17) is 5.73 Å². The first kappa shape index (κ1) is 17.5. The molecule has 1 aliphatic heterocycles. The molecule has 3 N–H and O–H groups in total. The van der Waals surface area contributed by atoms with Crippen molar-refractivity contribution in [3.8, 4) is 0 Å². The van der Waals surface area contributed by atoms with Crippen LogP contribution in [-0.2, 0) is 16.0 Å². The molecular formula is C15H22ClN3O2. The highest BCUT2D eigenvalue weighted by atomic mass is 35.5. The zero-order valence-corrected chi connectivity index (χ0v) is 13.2. The van der Waals surface area contributed by atoms with Crippen molar-refractivity contribution >= 4 is 29.9 Å². The molecule has 0 saturated heterocycles. The molecule has 5 nitrogen and oxygen atoms in total. The smallest absolute Gasteiger partial charge is 0.231 e. The molecule has 2 atom stereocenters. The largest absolute Gasteiger partial charge is 0.354 e. The summed E-state index contributed by atoms with van der Waals surface area (Å²) in [5.74, 6) is -0.211. The van der Waals surface area contributed by atoms with Crippen LogP contribution in [0.3, 0.4) is 0 Å². The Hall–Kier alpha value is -1.59. The number of anilines is 1. The lowest BCUT2D eigenvalue weighted by Gasteiger charge is -2.19. The zero-order valence-electron chi connectivity index (χ0n) is 12.3. The minimum atomic E-state index is -0.225. The fourth-order valence-electron chi connectivity index (χ4n) is 2.25. The summed E-state index contributed by atoms with van der Waals surface area (Å²) in [5, 5.41) is 2.83. The van der Waals surface area contributed by atoms with Crippen molar-refractivity contribution in [3.63, 3.8) is 0 Å². The van der Waals surface area contributed by atoms with Gasteiger partial charge in [-0.05, 0) is 18.6 Å². The van der Waals surface area contributed by atoms with E-state index < -0.39 is 0 Å². The summed E-state index contributed by atoms with van der Waals surface area (Å²) >= 11 is 0. The molecule has 0 radical (unpaired) electrons. The van der Waals surface area contributed by atoms with Crippen LogP contribution in [0, 0.1) is 5.92 Å². The minimum absolute atomic E-state index is 0. The highest BCUT2D eigenvalue weighted by Crippen LogP contribution is 2.27. The summed E-state index contributed by atoms with van der Waals surface area (Å²) in [6.45, 7) is 4.55. The first-order chi connectivity index (χ1) is 9.50. The van der Waals surface area contributed by atoms with E-state index in [1.54, 1.807) is 11.8 Å². The first-order valence-electron chi connectivity index (χ1n) is 6.92. The molecule has 21 heavy (non-hydrogen) atoms. The minimum Gasteiger partial charge on any atom is -0.354 e. The van der Waals surface area contributed by atoms with E-state index in [0.29, 0.717) is 19.5 Å². The summed E-state index contributed by atoms with van der Waals surface area (Å²) in [6, 6.07) is 7.57. The van der Waals surface area contributed by atoms with Crippen LogP contribution in [0.5, 0.6) is 0 Å². The maximum atomic E-state index is 11.9. The second-order valence-corrected chi connectivity index (χ2v) is 5.29. The van der Waals surface area contributed by atoms with Crippen molar-refractivity contribution in [1.29, 1.82) is 0 Å². The molecule has 0 aliphatic carbocycles. The van der Waals surface area contributed by atoms with Gasteiger partial charge in [0.1, 0.15) is 0 Å². The summed E-state index contributed by atoms with van der Waals surface area (Å²) in [5.41, 5.74) is 7.69. The SMILES string of the molecule is CC(N)C(C)C(=O)NCCN1C(=O)Cc2ccccc21.Cl. The van der Waals surface area contributed by atoms with Gasteiger partial charge in [-0.25, -0.2) is 0 Å². The number of nitrogens with one attached hydrogen (secondary N) is 1. The van der Waals surface area contributed by atoms with Crippen molar-refractivity contribution in [3.05, 3.63) is 29.8 Å². The fourth-order valence-corrected chi connectivity index (χ4v) is 2.25. The van der Waals surface area contributed by atoms with Crippen LogP contribution in [0.1, 0.15) is 19.4 Å². The van der Waals surface area contributed by atoms with Gasteiger partial charge >= 0.3 is 0 Å². The van der Waals surface area contributed by atoms with Crippen LogP contribution in [0.2, 0.25) is 0 Å². The number of halogens is 1. The Labute approximate surface area is 131 Å². The quantitative estimate of drug-likeness (QED) is 0.855.